The maximum Gasteiger partial charge on any atom is 0.270 e. The Morgan fingerprint density at radius 3 is 2.77 bits per heavy atom. The van der Waals surface area contributed by atoms with Crippen LogP contribution in [0.25, 0.3) is 0 Å². The number of aromatic nitrogens is 1. The van der Waals surface area contributed by atoms with E-state index in [0.717, 1.165) is 23.7 Å². The summed E-state index contributed by atoms with van der Waals surface area (Å²) >= 11 is 3.44. The maximum absolute atomic E-state index is 12.9. The molecule has 2 heterocycles. The molecule has 0 radical (unpaired) electrons. The van der Waals surface area contributed by atoms with E-state index in [2.05, 4.69) is 46.2 Å². The first-order valence-electron chi connectivity index (χ1n) is 11.6. The monoisotopic (exact) mass is 485 g/mol. The summed E-state index contributed by atoms with van der Waals surface area (Å²) in [6.07, 6.45) is 12.5. The van der Waals surface area contributed by atoms with Crippen LogP contribution in [0.5, 0.6) is 0 Å². The summed E-state index contributed by atoms with van der Waals surface area (Å²) in [6, 6.07) is 4.14. The van der Waals surface area contributed by atoms with Gasteiger partial charge in [-0.2, -0.15) is 0 Å². The van der Waals surface area contributed by atoms with Gasteiger partial charge in [-0.15, -0.1) is 0 Å². The number of nitrogens with one attached hydrogen (secondary N) is 1. The van der Waals surface area contributed by atoms with Gasteiger partial charge in [0, 0.05) is 35.2 Å². The van der Waals surface area contributed by atoms with Gasteiger partial charge in [-0.3, -0.25) is 14.6 Å². The maximum atomic E-state index is 12.9. The minimum Gasteiger partial charge on any atom is -0.347 e. The molecule has 0 spiro atoms. The average Bonchev–Trinajstić information content (AvgIpc) is 3.07. The Balaban J connectivity index is 1.37. The summed E-state index contributed by atoms with van der Waals surface area (Å²) in [5.41, 5.74) is 0.670. The normalized spacial score (nSPS) is 41.4. The van der Waals surface area contributed by atoms with Gasteiger partial charge < -0.3 is 10.2 Å². The van der Waals surface area contributed by atoms with Gasteiger partial charge in [0.2, 0.25) is 5.91 Å². The third-order valence-corrected chi connectivity index (χ3v) is 9.88. The molecule has 0 unspecified atom stereocenters. The minimum atomic E-state index is -0.0682. The number of likely N-dealkylation sites (N-methyl/N-ethyl adjacent to an activating group) is 1. The second-order valence-corrected chi connectivity index (χ2v) is 11.5. The Hall–Kier alpha value is -1.69. The molecule has 1 aliphatic heterocycles. The Bertz CT molecular complexity index is 948. The molecule has 166 valence electrons. The summed E-state index contributed by atoms with van der Waals surface area (Å²) in [7, 11) is 1.97. The molecule has 0 bridgehead atoms. The molecule has 5 rings (SSSR count). The molecule has 1 aromatic heterocycles. The Labute approximate surface area is 193 Å². The lowest BCUT2D eigenvalue weighted by molar-refractivity contribution is -0.138. The molecular formula is C25H32BrN3O2. The van der Waals surface area contributed by atoms with Crippen molar-refractivity contribution in [1.82, 2.24) is 15.2 Å². The summed E-state index contributed by atoms with van der Waals surface area (Å²) < 4.78 is 0.873. The van der Waals surface area contributed by atoms with E-state index in [1.165, 1.54) is 19.3 Å². The van der Waals surface area contributed by atoms with E-state index >= 15 is 0 Å². The van der Waals surface area contributed by atoms with Crippen molar-refractivity contribution < 1.29 is 9.59 Å². The number of carbonyl (C=O) groups excluding carboxylic acids is 2. The predicted octanol–water partition coefficient (Wildman–Crippen LogP) is 4.58. The van der Waals surface area contributed by atoms with Crippen LogP contribution in [0.2, 0.25) is 0 Å². The van der Waals surface area contributed by atoms with E-state index in [9.17, 15) is 9.59 Å². The Morgan fingerprint density at radius 1 is 1.19 bits per heavy atom. The van der Waals surface area contributed by atoms with Crippen LogP contribution in [-0.2, 0) is 4.79 Å². The van der Waals surface area contributed by atoms with Gasteiger partial charge in [-0.05, 0) is 79.9 Å². The van der Waals surface area contributed by atoms with Crippen LogP contribution in [-0.4, -0.2) is 40.8 Å². The smallest absolute Gasteiger partial charge is 0.270 e. The fourth-order valence-electron chi connectivity index (χ4n) is 7.74. The van der Waals surface area contributed by atoms with E-state index < -0.39 is 0 Å². The van der Waals surface area contributed by atoms with Crippen molar-refractivity contribution in [2.75, 3.05) is 7.05 Å². The summed E-state index contributed by atoms with van der Waals surface area (Å²) in [5.74, 6) is 1.98. The lowest BCUT2D eigenvalue weighted by Crippen LogP contribution is -2.60. The summed E-state index contributed by atoms with van der Waals surface area (Å²) in [4.78, 5) is 31.4. The van der Waals surface area contributed by atoms with Crippen LogP contribution in [0.15, 0.2) is 35.0 Å². The molecular weight excluding hydrogens is 454 g/mol. The van der Waals surface area contributed by atoms with E-state index in [1.54, 1.807) is 18.3 Å². The van der Waals surface area contributed by atoms with E-state index in [1.807, 2.05) is 18.0 Å². The molecule has 4 aliphatic rings. The fourth-order valence-corrected chi connectivity index (χ4v) is 8.07. The van der Waals surface area contributed by atoms with Crippen molar-refractivity contribution >= 4 is 27.7 Å². The van der Waals surface area contributed by atoms with Crippen LogP contribution in [0.1, 0.15) is 62.9 Å². The average molecular weight is 486 g/mol. The molecule has 0 aromatic carbocycles. The Kier molecular flexibility index (Phi) is 5.07. The predicted molar refractivity (Wildman–Crippen MR) is 123 cm³/mol. The lowest BCUT2D eigenvalue weighted by Gasteiger charge is -2.60. The summed E-state index contributed by atoms with van der Waals surface area (Å²) in [6.45, 7) is 4.78. The van der Waals surface area contributed by atoms with Crippen molar-refractivity contribution in [3.05, 3.63) is 40.6 Å². The largest absolute Gasteiger partial charge is 0.347 e. The van der Waals surface area contributed by atoms with Crippen LogP contribution < -0.4 is 5.32 Å². The first-order chi connectivity index (χ1) is 14.7. The number of halogens is 1. The highest BCUT2D eigenvalue weighted by Crippen LogP contribution is 2.63. The van der Waals surface area contributed by atoms with E-state index in [-0.39, 0.29) is 28.7 Å². The first-order valence-corrected chi connectivity index (χ1v) is 12.4. The zero-order chi connectivity index (χ0) is 22.0. The van der Waals surface area contributed by atoms with Gasteiger partial charge in [0.15, 0.2) is 0 Å². The lowest BCUT2D eigenvalue weighted by atomic mass is 9.48. The van der Waals surface area contributed by atoms with Crippen LogP contribution in [0, 0.1) is 28.6 Å². The molecule has 1 aromatic rings. The molecule has 31 heavy (non-hydrogen) atoms. The third kappa shape index (κ3) is 3.20. The molecule has 3 saturated carbocycles. The van der Waals surface area contributed by atoms with Gasteiger partial charge in [-0.1, -0.05) is 35.9 Å². The number of fused-ring (bicyclic) bond motifs is 5. The number of rotatable bonds is 2. The van der Waals surface area contributed by atoms with Crippen molar-refractivity contribution in [3.8, 4) is 0 Å². The number of hydrogen-bond donors (Lipinski definition) is 1. The Morgan fingerprint density at radius 2 is 2.00 bits per heavy atom. The highest BCUT2D eigenvalue weighted by molar-refractivity contribution is 9.10. The first kappa shape index (κ1) is 21.2. The molecule has 3 fully saturated rings. The fraction of sp³-hybridized carbons (Fsp3) is 0.640. The molecule has 2 amide bonds. The van der Waals surface area contributed by atoms with Crippen LogP contribution >= 0.6 is 15.9 Å². The molecule has 0 saturated heterocycles. The molecule has 7 atom stereocenters. The second-order valence-electron chi connectivity index (χ2n) is 10.6. The van der Waals surface area contributed by atoms with Crippen LogP contribution in [0.3, 0.4) is 0 Å². The van der Waals surface area contributed by atoms with Gasteiger partial charge >= 0.3 is 0 Å². The highest BCUT2D eigenvalue weighted by atomic mass is 79.9. The standard InChI is InChI=1S/C25H32BrN3O2/c1-24-11-8-18-16(4-7-21-25(18,2)12-9-22(30)29(21)3)17(24)5-6-20(24)28-23(31)19-14-15(26)10-13-27-19/h9-10,12-14,16-18,20-21H,4-8,11H2,1-3H3,(H,28,31)/t16-,17-,18-,20-,21+,24-,25+/m0/s1. The van der Waals surface area contributed by atoms with E-state index in [0.29, 0.717) is 29.5 Å². The SMILES string of the molecule is CN1C(=O)C=C[C@]2(C)[C@H]3CC[C@]4(C)[C@@H](NC(=O)c5cc(Br)ccn5)CC[C@H]4[C@@H]3CC[C@@H]12. The molecule has 6 heteroatoms. The van der Waals surface area contributed by atoms with Crippen molar-refractivity contribution in [3.63, 3.8) is 0 Å². The molecule has 5 nitrogen and oxygen atoms in total. The van der Waals surface area contributed by atoms with Gasteiger partial charge in [0.25, 0.3) is 5.91 Å². The minimum absolute atomic E-state index is 0.0640. The van der Waals surface area contributed by atoms with Crippen molar-refractivity contribution in [1.29, 1.82) is 0 Å². The van der Waals surface area contributed by atoms with Gasteiger partial charge in [0.05, 0.1) is 0 Å². The number of amides is 2. The summed E-state index contributed by atoms with van der Waals surface area (Å²) in [5, 5.41) is 3.35. The topological polar surface area (TPSA) is 62.3 Å². The number of pyridine rings is 1. The van der Waals surface area contributed by atoms with Gasteiger partial charge in [0.1, 0.15) is 5.69 Å². The van der Waals surface area contributed by atoms with Crippen molar-refractivity contribution in [2.45, 2.75) is 64.5 Å². The van der Waals surface area contributed by atoms with Crippen molar-refractivity contribution in [2.24, 2.45) is 28.6 Å². The zero-order valence-corrected chi connectivity index (χ0v) is 20.2. The molecule has 3 aliphatic carbocycles. The number of nitrogens with zero attached hydrogens (tertiary/aromatic N) is 2. The highest BCUT2D eigenvalue weighted by Gasteiger charge is 2.60. The second kappa shape index (κ2) is 7.43. The van der Waals surface area contributed by atoms with E-state index in [4.69, 9.17) is 0 Å². The van der Waals surface area contributed by atoms with Crippen LogP contribution in [0.4, 0.5) is 0 Å². The number of hydrogen-bond acceptors (Lipinski definition) is 3. The van der Waals surface area contributed by atoms with Gasteiger partial charge in [-0.25, -0.2) is 0 Å². The molecule has 1 N–H and O–H groups in total. The number of carbonyl (C=O) groups is 2. The zero-order valence-electron chi connectivity index (χ0n) is 18.6. The quantitative estimate of drug-likeness (QED) is 0.666. The third-order valence-electron chi connectivity index (χ3n) is 9.39.